The van der Waals surface area contributed by atoms with Crippen molar-refractivity contribution >= 4 is 11.9 Å². The number of aryl methyl sites for hydroxylation is 1. The summed E-state index contributed by atoms with van der Waals surface area (Å²) in [7, 11) is 1.53. The van der Waals surface area contributed by atoms with Gasteiger partial charge in [0.25, 0.3) is 5.91 Å². The van der Waals surface area contributed by atoms with Crippen LogP contribution in [0.2, 0.25) is 0 Å². The molecule has 2 aromatic rings. The summed E-state index contributed by atoms with van der Waals surface area (Å²) in [5, 5.41) is 9.75. The van der Waals surface area contributed by atoms with Gasteiger partial charge in [-0.25, -0.2) is 4.79 Å². The molecular weight excluding hydrogens is 462 g/mol. The SMILES string of the molecule is CCCc1cccc2c1OC(C(=O)O)C(OCCCOc1ccc(C(N)=O)c(OC)c1CC1CC1)C2. The highest BCUT2D eigenvalue weighted by Gasteiger charge is 2.37. The number of rotatable bonds is 13. The Kier molecular flexibility index (Phi) is 8.36. The van der Waals surface area contributed by atoms with Crippen LogP contribution in [0.15, 0.2) is 30.3 Å². The van der Waals surface area contributed by atoms with E-state index in [-0.39, 0.29) is 0 Å². The van der Waals surface area contributed by atoms with Gasteiger partial charge >= 0.3 is 5.97 Å². The molecule has 1 saturated carbocycles. The maximum Gasteiger partial charge on any atom is 0.347 e. The van der Waals surface area contributed by atoms with Crippen molar-refractivity contribution in [1.29, 1.82) is 0 Å². The summed E-state index contributed by atoms with van der Waals surface area (Å²) < 4.78 is 23.5. The monoisotopic (exact) mass is 497 g/mol. The summed E-state index contributed by atoms with van der Waals surface area (Å²) in [6, 6.07) is 9.33. The molecule has 2 unspecified atom stereocenters. The van der Waals surface area contributed by atoms with Crippen molar-refractivity contribution < 1.29 is 33.6 Å². The Hall–Kier alpha value is -3.26. The molecule has 1 fully saturated rings. The molecule has 0 spiro atoms. The smallest absolute Gasteiger partial charge is 0.347 e. The van der Waals surface area contributed by atoms with Gasteiger partial charge in [0.2, 0.25) is 6.10 Å². The maximum absolute atomic E-state index is 11.9. The van der Waals surface area contributed by atoms with Crippen molar-refractivity contribution in [3.63, 3.8) is 0 Å². The fourth-order valence-electron chi connectivity index (χ4n) is 4.75. The molecule has 1 aliphatic heterocycles. The lowest BCUT2D eigenvalue weighted by molar-refractivity contribution is -0.154. The second-order valence-electron chi connectivity index (χ2n) is 9.48. The topological polar surface area (TPSA) is 117 Å². The van der Waals surface area contributed by atoms with Crippen LogP contribution in [0, 0.1) is 5.92 Å². The summed E-state index contributed by atoms with van der Waals surface area (Å²) in [5.74, 6) is 0.840. The molecule has 2 atom stereocenters. The molecule has 1 heterocycles. The lowest BCUT2D eigenvalue weighted by Crippen LogP contribution is -2.45. The Morgan fingerprint density at radius 1 is 1.17 bits per heavy atom. The summed E-state index contributed by atoms with van der Waals surface area (Å²) in [5.41, 5.74) is 8.75. The van der Waals surface area contributed by atoms with Crippen LogP contribution in [-0.2, 0) is 28.8 Å². The molecule has 36 heavy (non-hydrogen) atoms. The molecule has 2 aromatic carbocycles. The van der Waals surface area contributed by atoms with Crippen LogP contribution in [0.5, 0.6) is 17.2 Å². The number of carboxylic acids is 1. The first-order valence-corrected chi connectivity index (χ1v) is 12.7. The van der Waals surface area contributed by atoms with Crippen LogP contribution < -0.4 is 19.9 Å². The van der Waals surface area contributed by atoms with Gasteiger partial charge in [0.1, 0.15) is 23.4 Å². The van der Waals surface area contributed by atoms with Gasteiger partial charge in [-0.3, -0.25) is 4.79 Å². The first kappa shape index (κ1) is 25.8. The number of aliphatic carboxylic acids is 1. The van der Waals surface area contributed by atoms with Gasteiger partial charge in [0.05, 0.1) is 25.9 Å². The van der Waals surface area contributed by atoms with Crippen molar-refractivity contribution in [3.8, 4) is 17.2 Å². The van der Waals surface area contributed by atoms with Crippen LogP contribution in [0.3, 0.4) is 0 Å². The fraction of sp³-hybridized carbons (Fsp3) is 0.500. The summed E-state index contributed by atoms with van der Waals surface area (Å²) in [6.45, 7) is 2.79. The fourth-order valence-corrected chi connectivity index (χ4v) is 4.75. The minimum atomic E-state index is -1.05. The van der Waals surface area contributed by atoms with Crippen LogP contribution in [0.25, 0.3) is 0 Å². The molecule has 0 radical (unpaired) electrons. The molecule has 3 N–H and O–H groups in total. The van der Waals surface area contributed by atoms with Gasteiger partial charge in [-0.15, -0.1) is 0 Å². The van der Waals surface area contributed by atoms with E-state index in [0.717, 1.165) is 48.8 Å². The van der Waals surface area contributed by atoms with E-state index in [1.54, 1.807) is 12.1 Å². The highest BCUT2D eigenvalue weighted by molar-refractivity contribution is 5.96. The molecule has 0 aromatic heterocycles. The van der Waals surface area contributed by atoms with E-state index < -0.39 is 24.1 Å². The Balaban J connectivity index is 1.36. The third kappa shape index (κ3) is 5.93. The molecule has 1 aliphatic carbocycles. The van der Waals surface area contributed by atoms with Gasteiger partial charge in [0, 0.05) is 18.4 Å². The number of carboxylic acid groups (broad SMARTS) is 1. The van der Waals surface area contributed by atoms with Crippen molar-refractivity contribution in [2.24, 2.45) is 11.7 Å². The molecule has 4 rings (SSSR count). The molecular formula is C28H35NO7. The maximum atomic E-state index is 11.9. The number of hydrogen-bond acceptors (Lipinski definition) is 6. The number of hydrogen-bond donors (Lipinski definition) is 2. The first-order chi connectivity index (χ1) is 17.4. The highest BCUT2D eigenvalue weighted by Crippen LogP contribution is 2.41. The Bertz CT molecular complexity index is 1100. The number of amides is 1. The number of methoxy groups -OCH3 is 1. The van der Waals surface area contributed by atoms with E-state index in [4.69, 9.17) is 24.7 Å². The van der Waals surface area contributed by atoms with E-state index >= 15 is 0 Å². The standard InChI is InChI=1S/C28H35NO7/c1-3-6-18-7-4-8-19-16-23(26(28(31)32)36-24(18)19)35-14-5-13-34-22-12-11-20(27(29)30)25(33-2)21(22)15-17-9-10-17/h4,7-8,11-12,17,23,26H,3,5-6,9-10,13-16H2,1-2H3,(H2,29,30)(H,31,32). The highest BCUT2D eigenvalue weighted by atomic mass is 16.6. The summed E-state index contributed by atoms with van der Waals surface area (Å²) >= 11 is 0. The lowest BCUT2D eigenvalue weighted by Gasteiger charge is -2.32. The molecule has 194 valence electrons. The Morgan fingerprint density at radius 2 is 1.97 bits per heavy atom. The predicted octanol–water partition coefficient (Wildman–Crippen LogP) is 3.94. The van der Waals surface area contributed by atoms with E-state index in [1.807, 2.05) is 18.2 Å². The van der Waals surface area contributed by atoms with Crippen molar-refractivity contribution in [2.75, 3.05) is 20.3 Å². The summed E-state index contributed by atoms with van der Waals surface area (Å²) in [4.78, 5) is 23.7. The second kappa shape index (κ2) is 11.6. The second-order valence-corrected chi connectivity index (χ2v) is 9.48. The van der Waals surface area contributed by atoms with Crippen LogP contribution in [0.4, 0.5) is 0 Å². The number of primary amides is 1. The van der Waals surface area contributed by atoms with Crippen molar-refractivity contribution in [3.05, 3.63) is 52.6 Å². The first-order valence-electron chi connectivity index (χ1n) is 12.7. The number of para-hydroxylation sites is 1. The number of fused-ring (bicyclic) bond motifs is 1. The quantitative estimate of drug-likeness (QED) is 0.403. The van der Waals surface area contributed by atoms with Gasteiger partial charge in [-0.05, 0) is 54.9 Å². The number of benzene rings is 2. The van der Waals surface area contributed by atoms with Crippen molar-refractivity contribution in [1.82, 2.24) is 0 Å². The zero-order valence-corrected chi connectivity index (χ0v) is 21.0. The number of nitrogens with two attached hydrogens (primary N) is 1. The van der Waals surface area contributed by atoms with Gasteiger partial charge < -0.3 is 29.8 Å². The van der Waals surface area contributed by atoms with Gasteiger partial charge in [-0.1, -0.05) is 31.5 Å². The molecule has 8 heteroatoms. The molecule has 8 nitrogen and oxygen atoms in total. The van der Waals surface area contributed by atoms with E-state index in [1.165, 1.54) is 7.11 Å². The number of carbonyl (C=O) groups excluding carboxylic acids is 1. The van der Waals surface area contributed by atoms with Gasteiger partial charge in [0.15, 0.2) is 0 Å². The third-order valence-corrected chi connectivity index (χ3v) is 6.70. The zero-order valence-electron chi connectivity index (χ0n) is 21.0. The Labute approximate surface area is 211 Å². The predicted molar refractivity (Wildman–Crippen MR) is 134 cm³/mol. The largest absolute Gasteiger partial charge is 0.495 e. The number of carbonyl (C=O) groups is 2. The van der Waals surface area contributed by atoms with Crippen LogP contribution in [-0.4, -0.2) is 49.5 Å². The van der Waals surface area contributed by atoms with Crippen LogP contribution in [0.1, 0.15) is 59.7 Å². The Morgan fingerprint density at radius 3 is 2.64 bits per heavy atom. The molecule has 0 saturated heterocycles. The average molecular weight is 498 g/mol. The van der Waals surface area contributed by atoms with Crippen molar-refractivity contribution in [2.45, 2.75) is 64.1 Å². The lowest BCUT2D eigenvalue weighted by atomic mass is 9.95. The zero-order chi connectivity index (χ0) is 25.7. The summed E-state index contributed by atoms with van der Waals surface area (Å²) in [6.07, 6.45) is 4.29. The van der Waals surface area contributed by atoms with E-state index in [2.05, 4.69) is 6.92 Å². The van der Waals surface area contributed by atoms with Gasteiger partial charge in [-0.2, -0.15) is 0 Å². The van der Waals surface area contributed by atoms with E-state index in [0.29, 0.717) is 54.8 Å². The minimum absolute atomic E-state index is 0.330. The molecule has 0 bridgehead atoms. The molecule has 1 amide bonds. The van der Waals surface area contributed by atoms with Crippen LogP contribution >= 0.6 is 0 Å². The molecule has 2 aliphatic rings. The van der Waals surface area contributed by atoms with E-state index in [9.17, 15) is 14.7 Å². The average Bonchev–Trinajstić information content (AvgIpc) is 3.68. The normalized spacial score (nSPS) is 18.7. The third-order valence-electron chi connectivity index (χ3n) is 6.70. The number of ether oxygens (including phenoxy) is 4. The minimum Gasteiger partial charge on any atom is -0.495 e.